The van der Waals surface area contributed by atoms with Crippen LogP contribution in [0.2, 0.25) is 0 Å². The lowest BCUT2D eigenvalue weighted by atomic mass is 10.2. The number of rotatable bonds is 4. The van der Waals surface area contributed by atoms with E-state index in [1.54, 1.807) is 18.2 Å². The predicted molar refractivity (Wildman–Crippen MR) is 89.9 cm³/mol. The van der Waals surface area contributed by atoms with Gasteiger partial charge in [-0.15, -0.1) is 11.3 Å². The van der Waals surface area contributed by atoms with Crippen LogP contribution >= 0.6 is 11.3 Å². The number of nitro benzene ring substituents is 1. The fourth-order valence-corrected chi connectivity index (χ4v) is 3.00. The summed E-state index contributed by atoms with van der Waals surface area (Å²) in [6.07, 6.45) is 1.33. The smallest absolute Gasteiger partial charge is 0.266 e. The topological polar surface area (TPSA) is 84.6 Å². The summed E-state index contributed by atoms with van der Waals surface area (Å²) in [4.78, 5) is 22.7. The summed E-state index contributed by atoms with van der Waals surface area (Å²) in [7, 11) is 0. The van der Waals surface area contributed by atoms with Crippen LogP contribution in [0, 0.1) is 15.9 Å². The van der Waals surface area contributed by atoms with Gasteiger partial charge in [0.25, 0.3) is 11.6 Å². The van der Waals surface area contributed by atoms with Gasteiger partial charge in [0.05, 0.1) is 16.0 Å². The van der Waals surface area contributed by atoms with Crippen molar-refractivity contribution in [3.8, 4) is 0 Å². The summed E-state index contributed by atoms with van der Waals surface area (Å²) in [5.74, 6) is -0.831. The molecular weight excluding hydrogens is 333 g/mol. The second-order valence-corrected chi connectivity index (χ2v) is 5.93. The molecule has 120 valence electrons. The molecule has 0 saturated heterocycles. The Balaban J connectivity index is 1.75. The van der Waals surface area contributed by atoms with Crippen molar-refractivity contribution >= 4 is 39.2 Å². The molecule has 24 heavy (non-hydrogen) atoms. The van der Waals surface area contributed by atoms with E-state index in [2.05, 4.69) is 10.5 Å². The number of amides is 1. The molecule has 1 heterocycles. The molecule has 3 aromatic rings. The third kappa shape index (κ3) is 3.44. The highest BCUT2D eigenvalue weighted by molar-refractivity contribution is 7.20. The molecule has 1 amide bonds. The van der Waals surface area contributed by atoms with Crippen molar-refractivity contribution in [2.45, 2.75) is 0 Å². The van der Waals surface area contributed by atoms with E-state index in [-0.39, 0.29) is 5.69 Å². The molecule has 1 N–H and O–H groups in total. The monoisotopic (exact) mass is 343 g/mol. The molecule has 2 aromatic carbocycles. The summed E-state index contributed by atoms with van der Waals surface area (Å²) in [6.45, 7) is 0. The number of nitrogens with zero attached hydrogens (tertiary/aromatic N) is 2. The first-order valence-corrected chi connectivity index (χ1v) is 7.61. The summed E-state index contributed by atoms with van der Waals surface area (Å²) in [6, 6.07) is 11.8. The van der Waals surface area contributed by atoms with Crippen LogP contribution in [0.25, 0.3) is 10.1 Å². The van der Waals surface area contributed by atoms with Gasteiger partial charge in [0, 0.05) is 22.2 Å². The molecule has 1 aromatic heterocycles. The number of halogens is 1. The first-order chi connectivity index (χ1) is 11.5. The Morgan fingerprint density at radius 1 is 1.25 bits per heavy atom. The van der Waals surface area contributed by atoms with Crippen LogP contribution in [0.15, 0.2) is 53.6 Å². The quantitative estimate of drug-likeness (QED) is 0.445. The first kappa shape index (κ1) is 15.8. The summed E-state index contributed by atoms with van der Waals surface area (Å²) < 4.78 is 13.8. The normalized spacial score (nSPS) is 11.0. The van der Waals surface area contributed by atoms with Crippen LogP contribution in [0.1, 0.15) is 15.2 Å². The number of benzene rings is 2. The highest BCUT2D eigenvalue weighted by Gasteiger charge is 2.12. The minimum absolute atomic E-state index is 0.0311. The average Bonchev–Trinajstić information content (AvgIpc) is 2.98. The van der Waals surface area contributed by atoms with Gasteiger partial charge in [0.1, 0.15) is 5.82 Å². The van der Waals surface area contributed by atoms with Gasteiger partial charge in [-0.05, 0) is 29.8 Å². The van der Waals surface area contributed by atoms with E-state index in [1.807, 2.05) is 0 Å². The lowest BCUT2D eigenvalue weighted by molar-refractivity contribution is -0.384. The molecule has 0 atom stereocenters. The molecule has 8 heteroatoms. The number of hydrazone groups is 1. The van der Waals surface area contributed by atoms with Gasteiger partial charge < -0.3 is 0 Å². The average molecular weight is 343 g/mol. The largest absolute Gasteiger partial charge is 0.281 e. The minimum atomic E-state index is -0.486. The van der Waals surface area contributed by atoms with Crippen LogP contribution in [0.5, 0.6) is 0 Å². The van der Waals surface area contributed by atoms with Gasteiger partial charge in [-0.1, -0.05) is 12.1 Å². The third-order valence-electron chi connectivity index (χ3n) is 3.16. The van der Waals surface area contributed by atoms with Gasteiger partial charge in [0.2, 0.25) is 0 Å². The van der Waals surface area contributed by atoms with Crippen LogP contribution in [0.4, 0.5) is 10.1 Å². The number of carbonyl (C=O) groups excluding carboxylic acids is 1. The van der Waals surface area contributed by atoms with Crippen LogP contribution < -0.4 is 5.43 Å². The zero-order chi connectivity index (χ0) is 17.1. The van der Waals surface area contributed by atoms with Crippen molar-refractivity contribution in [3.63, 3.8) is 0 Å². The van der Waals surface area contributed by atoms with Crippen molar-refractivity contribution < 1.29 is 14.1 Å². The fourth-order valence-electron chi connectivity index (χ4n) is 2.06. The number of thiophene rings is 1. The van der Waals surface area contributed by atoms with Crippen molar-refractivity contribution in [3.05, 3.63) is 74.9 Å². The number of carbonyl (C=O) groups is 1. The summed E-state index contributed by atoms with van der Waals surface area (Å²) in [5.41, 5.74) is 2.83. The lowest BCUT2D eigenvalue weighted by Crippen LogP contribution is -2.16. The number of hydrogen-bond donors (Lipinski definition) is 1. The lowest BCUT2D eigenvalue weighted by Gasteiger charge is -1.96. The Bertz CT molecular complexity index is 968. The number of nitro groups is 1. The van der Waals surface area contributed by atoms with Crippen molar-refractivity contribution in [2.75, 3.05) is 0 Å². The maximum Gasteiger partial charge on any atom is 0.281 e. The van der Waals surface area contributed by atoms with Gasteiger partial charge in [0.15, 0.2) is 0 Å². The van der Waals surface area contributed by atoms with Crippen LogP contribution in [0.3, 0.4) is 0 Å². The molecule has 0 unspecified atom stereocenters. The van der Waals surface area contributed by atoms with Crippen LogP contribution in [-0.2, 0) is 0 Å². The van der Waals surface area contributed by atoms with E-state index < -0.39 is 16.6 Å². The zero-order valence-electron chi connectivity index (χ0n) is 12.1. The van der Waals surface area contributed by atoms with E-state index in [9.17, 15) is 19.3 Å². The maximum absolute atomic E-state index is 13.0. The van der Waals surface area contributed by atoms with E-state index in [1.165, 1.54) is 47.9 Å². The molecule has 0 fully saturated rings. The van der Waals surface area contributed by atoms with Crippen molar-refractivity contribution in [1.29, 1.82) is 0 Å². The molecule has 0 spiro atoms. The maximum atomic E-state index is 13.0. The highest BCUT2D eigenvalue weighted by Crippen LogP contribution is 2.28. The second-order valence-electron chi connectivity index (χ2n) is 4.84. The Labute approximate surface area is 139 Å². The van der Waals surface area contributed by atoms with Gasteiger partial charge in [-0.25, -0.2) is 9.82 Å². The van der Waals surface area contributed by atoms with Crippen molar-refractivity contribution in [1.82, 2.24) is 5.43 Å². The van der Waals surface area contributed by atoms with Crippen molar-refractivity contribution in [2.24, 2.45) is 5.10 Å². The molecule has 0 saturated carbocycles. The Kier molecular flexibility index (Phi) is 4.30. The van der Waals surface area contributed by atoms with Gasteiger partial charge in [-0.3, -0.25) is 14.9 Å². The van der Waals surface area contributed by atoms with E-state index in [4.69, 9.17) is 0 Å². The number of hydrogen-bond acceptors (Lipinski definition) is 5. The van der Waals surface area contributed by atoms with Crippen LogP contribution in [-0.4, -0.2) is 17.0 Å². The van der Waals surface area contributed by atoms with Gasteiger partial charge >= 0.3 is 0 Å². The molecular formula is C16H10FN3O3S. The van der Waals surface area contributed by atoms with E-state index in [0.29, 0.717) is 15.8 Å². The third-order valence-corrected chi connectivity index (χ3v) is 4.28. The molecule has 0 aliphatic heterocycles. The second kappa shape index (κ2) is 6.55. The number of nitrogens with one attached hydrogen (secondary N) is 1. The number of non-ortho nitro benzene ring substituents is 1. The molecule has 0 radical (unpaired) electrons. The SMILES string of the molecule is O=C(NN=Cc1cccc(F)c1)c1cc2cc([N+](=O)[O-])ccc2s1. The van der Waals surface area contributed by atoms with Gasteiger partial charge in [-0.2, -0.15) is 5.10 Å². The Morgan fingerprint density at radius 2 is 2.08 bits per heavy atom. The number of fused-ring (bicyclic) bond motifs is 1. The van der Waals surface area contributed by atoms with E-state index in [0.717, 1.165) is 4.70 Å². The Morgan fingerprint density at radius 3 is 2.83 bits per heavy atom. The molecule has 0 aliphatic carbocycles. The zero-order valence-corrected chi connectivity index (χ0v) is 12.9. The first-order valence-electron chi connectivity index (χ1n) is 6.80. The highest BCUT2D eigenvalue weighted by atomic mass is 32.1. The standard InChI is InChI=1S/C16H10FN3O3S/c17-12-3-1-2-10(6-12)9-18-19-16(21)15-8-11-7-13(20(22)23)4-5-14(11)24-15/h1-9H,(H,19,21). The Hall–Kier alpha value is -3.13. The molecule has 6 nitrogen and oxygen atoms in total. The molecule has 3 rings (SSSR count). The fraction of sp³-hybridized carbons (Fsp3) is 0. The summed E-state index contributed by atoms with van der Waals surface area (Å²) in [5, 5.41) is 15.2. The summed E-state index contributed by atoms with van der Waals surface area (Å²) >= 11 is 1.21. The molecule has 0 bridgehead atoms. The van der Waals surface area contributed by atoms with E-state index >= 15 is 0 Å². The minimum Gasteiger partial charge on any atom is -0.266 e. The molecule has 0 aliphatic rings. The predicted octanol–water partition coefficient (Wildman–Crippen LogP) is 3.71.